The number of aromatic nitrogens is 3. The molecular formula is C12H19N3O2. The van der Waals surface area contributed by atoms with Crippen LogP contribution in [-0.4, -0.2) is 25.8 Å². The molecule has 2 unspecified atom stereocenters. The molecule has 1 fully saturated rings. The molecular weight excluding hydrogens is 218 g/mol. The van der Waals surface area contributed by atoms with Crippen LogP contribution in [0.4, 0.5) is 0 Å². The summed E-state index contributed by atoms with van der Waals surface area (Å²) in [5.41, 5.74) is -0.212. The number of aliphatic carboxylic acids is 1. The Kier molecular flexibility index (Phi) is 2.72. The third-order valence-corrected chi connectivity index (χ3v) is 3.78. The summed E-state index contributed by atoms with van der Waals surface area (Å²) in [6.45, 7) is 8.83. The van der Waals surface area contributed by atoms with Gasteiger partial charge in [-0.25, -0.2) is 0 Å². The van der Waals surface area contributed by atoms with Gasteiger partial charge in [-0.3, -0.25) is 4.79 Å². The smallest absolute Gasteiger partial charge is 0.307 e. The van der Waals surface area contributed by atoms with Crippen molar-refractivity contribution < 1.29 is 9.90 Å². The largest absolute Gasteiger partial charge is 0.481 e. The molecule has 0 aromatic carbocycles. The molecule has 1 aliphatic carbocycles. The van der Waals surface area contributed by atoms with E-state index in [1.165, 1.54) is 0 Å². The zero-order valence-corrected chi connectivity index (χ0v) is 10.8. The molecule has 0 aliphatic heterocycles. The maximum absolute atomic E-state index is 11.2. The Bertz CT molecular complexity index is 451. The fourth-order valence-corrected chi connectivity index (χ4v) is 2.71. The van der Waals surface area contributed by atoms with E-state index in [-0.39, 0.29) is 17.3 Å². The molecule has 0 saturated heterocycles. The number of aryl methyl sites for hydroxylation is 1. The molecule has 0 amide bonds. The summed E-state index contributed by atoms with van der Waals surface area (Å²) < 4.78 is 2.05. The van der Waals surface area contributed by atoms with Gasteiger partial charge in [0.15, 0.2) is 0 Å². The Balaban J connectivity index is 2.33. The second-order valence-corrected chi connectivity index (χ2v) is 5.37. The zero-order valence-electron chi connectivity index (χ0n) is 10.8. The maximum Gasteiger partial charge on any atom is 0.307 e. The summed E-state index contributed by atoms with van der Waals surface area (Å²) in [6.07, 6.45) is 0.997. The molecule has 1 N–H and O–H groups in total. The van der Waals surface area contributed by atoms with Gasteiger partial charge in [0.25, 0.3) is 0 Å². The Morgan fingerprint density at radius 3 is 2.59 bits per heavy atom. The van der Waals surface area contributed by atoms with Crippen LogP contribution in [0.15, 0.2) is 0 Å². The molecule has 2 rings (SSSR count). The molecule has 0 bridgehead atoms. The quantitative estimate of drug-likeness (QED) is 0.867. The fraction of sp³-hybridized carbons (Fsp3) is 0.750. The van der Waals surface area contributed by atoms with Gasteiger partial charge < -0.3 is 9.67 Å². The first-order chi connectivity index (χ1) is 7.91. The van der Waals surface area contributed by atoms with Crippen LogP contribution in [0.5, 0.6) is 0 Å². The summed E-state index contributed by atoms with van der Waals surface area (Å²) in [4.78, 5) is 11.2. The van der Waals surface area contributed by atoms with Crippen LogP contribution >= 0.6 is 0 Å². The molecule has 5 nitrogen and oxygen atoms in total. The Morgan fingerprint density at radius 2 is 2.12 bits per heavy atom. The lowest BCUT2D eigenvalue weighted by Gasteiger charge is -2.07. The minimum absolute atomic E-state index is 0.00671. The normalized spacial score (nSPS) is 25.9. The van der Waals surface area contributed by atoms with Gasteiger partial charge in [0.1, 0.15) is 11.6 Å². The monoisotopic (exact) mass is 237 g/mol. The zero-order chi connectivity index (χ0) is 12.8. The second-order valence-electron chi connectivity index (χ2n) is 5.37. The van der Waals surface area contributed by atoms with Crippen molar-refractivity contribution in [3.8, 4) is 0 Å². The second kappa shape index (κ2) is 3.82. The topological polar surface area (TPSA) is 68.0 Å². The summed E-state index contributed by atoms with van der Waals surface area (Å²) in [5, 5.41) is 17.4. The molecule has 5 heteroatoms. The van der Waals surface area contributed by atoms with E-state index in [4.69, 9.17) is 0 Å². The summed E-state index contributed by atoms with van der Waals surface area (Å²) in [6, 6.07) is 0. The maximum atomic E-state index is 11.2. The molecule has 17 heavy (non-hydrogen) atoms. The summed E-state index contributed by atoms with van der Waals surface area (Å²) in [5.74, 6) is 0.633. The van der Waals surface area contributed by atoms with Crippen molar-refractivity contribution in [2.75, 3.05) is 0 Å². The standard InChI is InChI=1S/C12H19N3O2/c1-5-6-15-7(2)13-14-10(15)8-9(11(16)17)12(8,3)4/h8-9H,5-6H2,1-4H3,(H,16,17). The molecule has 1 saturated carbocycles. The van der Waals surface area contributed by atoms with Crippen molar-refractivity contribution in [3.05, 3.63) is 11.6 Å². The van der Waals surface area contributed by atoms with Crippen LogP contribution in [0, 0.1) is 18.3 Å². The summed E-state index contributed by atoms with van der Waals surface area (Å²) >= 11 is 0. The number of nitrogens with zero attached hydrogens (tertiary/aromatic N) is 3. The fourth-order valence-electron chi connectivity index (χ4n) is 2.71. The van der Waals surface area contributed by atoms with Crippen LogP contribution in [0.3, 0.4) is 0 Å². The Morgan fingerprint density at radius 1 is 1.47 bits per heavy atom. The third-order valence-electron chi connectivity index (χ3n) is 3.78. The Labute approximate surface area is 101 Å². The van der Waals surface area contributed by atoms with Gasteiger partial charge in [0, 0.05) is 12.5 Å². The third kappa shape index (κ3) is 1.73. The van der Waals surface area contributed by atoms with E-state index in [1.807, 2.05) is 20.8 Å². The molecule has 0 spiro atoms. The van der Waals surface area contributed by atoms with Crippen molar-refractivity contribution in [2.45, 2.75) is 46.6 Å². The minimum atomic E-state index is -0.733. The van der Waals surface area contributed by atoms with Crippen molar-refractivity contribution >= 4 is 5.97 Å². The van der Waals surface area contributed by atoms with E-state index in [0.29, 0.717) is 0 Å². The van der Waals surface area contributed by atoms with E-state index >= 15 is 0 Å². The van der Waals surface area contributed by atoms with Gasteiger partial charge in [0.05, 0.1) is 5.92 Å². The lowest BCUT2D eigenvalue weighted by atomic mass is 10.1. The number of hydrogen-bond donors (Lipinski definition) is 1. The highest BCUT2D eigenvalue weighted by atomic mass is 16.4. The van der Waals surface area contributed by atoms with Crippen LogP contribution < -0.4 is 0 Å². The minimum Gasteiger partial charge on any atom is -0.481 e. The van der Waals surface area contributed by atoms with Gasteiger partial charge in [-0.15, -0.1) is 10.2 Å². The molecule has 2 atom stereocenters. The van der Waals surface area contributed by atoms with Gasteiger partial charge in [-0.1, -0.05) is 20.8 Å². The molecule has 1 aliphatic rings. The lowest BCUT2D eigenvalue weighted by molar-refractivity contribution is -0.139. The van der Waals surface area contributed by atoms with E-state index in [2.05, 4.69) is 21.7 Å². The van der Waals surface area contributed by atoms with E-state index in [1.54, 1.807) is 0 Å². The molecule has 1 aromatic rings. The number of hydrogen-bond acceptors (Lipinski definition) is 3. The van der Waals surface area contributed by atoms with Gasteiger partial charge in [-0.2, -0.15) is 0 Å². The van der Waals surface area contributed by atoms with E-state index in [9.17, 15) is 9.90 Å². The number of carboxylic acid groups (broad SMARTS) is 1. The molecule has 1 aromatic heterocycles. The van der Waals surface area contributed by atoms with Crippen LogP contribution in [0.1, 0.15) is 44.8 Å². The molecule has 1 heterocycles. The average molecular weight is 237 g/mol. The van der Waals surface area contributed by atoms with Crippen molar-refractivity contribution in [1.29, 1.82) is 0 Å². The van der Waals surface area contributed by atoms with Gasteiger partial charge >= 0.3 is 5.97 Å². The molecule has 0 radical (unpaired) electrons. The van der Waals surface area contributed by atoms with Gasteiger partial charge in [0.2, 0.25) is 0 Å². The predicted octanol–water partition coefficient (Wildman–Crippen LogP) is 1.82. The number of rotatable bonds is 4. The number of carboxylic acids is 1. The average Bonchev–Trinajstić information content (AvgIpc) is 2.62. The highest BCUT2D eigenvalue weighted by Crippen LogP contribution is 2.64. The first-order valence-corrected chi connectivity index (χ1v) is 6.03. The van der Waals surface area contributed by atoms with Crippen molar-refractivity contribution in [1.82, 2.24) is 14.8 Å². The molecule has 94 valence electrons. The highest BCUT2D eigenvalue weighted by molar-refractivity contribution is 5.77. The van der Waals surface area contributed by atoms with Crippen LogP contribution in [-0.2, 0) is 11.3 Å². The predicted molar refractivity (Wildman–Crippen MR) is 62.7 cm³/mol. The van der Waals surface area contributed by atoms with E-state index < -0.39 is 5.97 Å². The first kappa shape index (κ1) is 12.1. The first-order valence-electron chi connectivity index (χ1n) is 6.03. The van der Waals surface area contributed by atoms with Gasteiger partial charge in [-0.05, 0) is 18.8 Å². The Hall–Kier alpha value is -1.39. The van der Waals surface area contributed by atoms with Crippen molar-refractivity contribution in [3.63, 3.8) is 0 Å². The SMILES string of the molecule is CCCn1c(C)nnc1C1C(C(=O)O)C1(C)C. The number of carbonyl (C=O) groups is 1. The highest BCUT2D eigenvalue weighted by Gasteiger charge is 2.64. The van der Waals surface area contributed by atoms with Crippen LogP contribution in [0.25, 0.3) is 0 Å². The summed E-state index contributed by atoms with van der Waals surface area (Å²) in [7, 11) is 0. The van der Waals surface area contributed by atoms with Crippen LogP contribution in [0.2, 0.25) is 0 Å². The lowest BCUT2D eigenvalue weighted by Crippen LogP contribution is -2.07. The van der Waals surface area contributed by atoms with Crippen molar-refractivity contribution in [2.24, 2.45) is 11.3 Å². The van der Waals surface area contributed by atoms with E-state index in [0.717, 1.165) is 24.6 Å².